The monoisotopic (exact) mass is 302 g/mol. The minimum absolute atomic E-state index is 0.918. The predicted octanol–water partition coefficient (Wildman–Crippen LogP) is 1.32. The zero-order valence-corrected chi connectivity index (χ0v) is 10.00. The first-order valence-corrected chi connectivity index (χ1v) is 5.52. The van der Waals surface area contributed by atoms with E-state index in [9.17, 15) is 0 Å². The maximum absolute atomic E-state index is 4.51. The predicted molar refractivity (Wildman–Crippen MR) is 64.2 cm³/mol. The van der Waals surface area contributed by atoms with E-state index in [1.807, 2.05) is 19.4 Å². The van der Waals surface area contributed by atoms with Crippen molar-refractivity contribution in [1.29, 1.82) is 0 Å². The number of nitrogens with zero attached hydrogens (tertiary/aromatic N) is 2. The van der Waals surface area contributed by atoms with E-state index < -0.39 is 0 Å². The molecule has 0 aliphatic carbocycles. The van der Waals surface area contributed by atoms with E-state index in [1.54, 1.807) is 0 Å². The molecular formula is C9H11IN4. The molecule has 5 heteroatoms. The fraction of sp³-hybridized carbons (Fsp3) is 0.333. The Morgan fingerprint density at radius 2 is 2.36 bits per heavy atom. The molecule has 0 saturated carbocycles. The summed E-state index contributed by atoms with van der Waals surface area (Å²) in [6.45, 7) is 0.934. The highest BCUT2D eigenvalue weighted by molar-refractivity contribution is 14.1. The van der Waals surface area contributed by atoms with Crippen LogP contribution in [0.2, 0.25) is 0 Å². The largest absolute Gasteiger partial charge is 0.341 e. The van der Waals surface area contributed by atoms with Gasteiger partial charge in [-0.3, -0.25) is 4.98 Å². The summed E-state index contributed by atoms with van der Waals surface area (Å²) in [6.07, 6.45) is 4.56. The first-order valence-electron chi connectivity index (χ1n) is 4.44. The van der Waals surface area contributed by atoms with Crippen molar-refractivity contribution in [2.75, 3.05) is 13.6 Å². The number of H-pyrrole nitrogens is 1. The lowest BCUT2D eigenvalue weighted by Crippen LogP contribution is -2.10. The Bertz CT molecular complexity index is 437. The van der Waals surface area contributed by atoms with Crippen LogP contribution in [-0.2, 0) is 6.42 Å². The molecule has 0 fully saturated rings. The van der Waals surface area contributed by atoms with Gasteiger partial charge in [0, 0.05) is 19.2 Å². The van der Waals surface area contributed by atoms with Gasteiger partial charge in [0.05, 0.1) is 15.3 Å². The van der Waals surface area contributed by atoms with E-state index in [0.29, 0.717) is 0 Å². The number of hydrogen-bond acceptors (Lipinski definition) is 3. The second-order valence-corrected chi connectivity index (χ2v) is 4.22. The molecule has 0 atom stereocenters. The van der Waals surface area contributed by atoms with Gasteiger partial charge in [-0.15, -0.1) is 0 Å². The number of hydrogen-bond donors (Lipinski definition) is 2. The number of likely N-dealkylation sites (N-methyl/N-ethyl adjacent to an activating group) is 1. The maximum atomic E-state index is 4.51. The van der Waals surface area contributed by atoms with E-state index in [1.165, 1.54) is 0 Å². The quantitative estimate of drug-likeness (QED) is 0.841. The molecule has 4 nitrogen and oxygen atoms in total. The van der Waals surface area contributed by atoms with Gasteiger partial charge in [0.1, 0.15) is 11.3 Å². The van der Waals surface area contributed by atoms with Crippen LogP contribution in [0, 0.1) is 3.57 Å². The Labute approximate surface area is 95.7 Å². The lowest BCUT2D eigenvalue weighted by molar-refractivity contribution is 0.766. The summed E-state index contributed by atoms with van der Waals surface area (Å²) in [6, 6.07) is 0. The van der Waals surface area contributed by atoms with Crippen LogP contribution in [0.25, 0.3) is 11.0 Å². The lowest BCUT2D eigenvalue weighted by Gasteiger charge is -1.93. The lowest BCUT2D eigenvalue weighted by atomic mass is 10.4. The van der Waals surface area contributed by atoms with E-state index in [-0.39, 0.29) is 0 Å². The van der Waals surface area contributed by atoms with Crippen molar-refractivity contribution in [3.63, 3.8) is 0 Å². The van der Waals surface area contributed by atoms with Crippen LogP contribution in [0.1, 0.15) is 5.82 Å². The number of aromatic nitrogens is 3. The molecule has 74 valence electrons. The van der Waals surface area contributed by atoms with E-state index in [2.05, 4.69) is 42.9 Å². The van der Waals surface area contributed by atoms with Crippen LogP contribution in [0.15, 0.2) is 12.4 Å². The molecule has 2 N–H and O–H groups in total. The third kappa shape index (κ3) is 1.88. The van der Waals surface area contributed by atoms with Gasteiger partial charge < -0.3 is 10.3 Å². The van der Waals surface area contributed by atoms with Crippen molar-refractivity contribution in [3.8, 4) is 0 Å². The number of pyridine rings is 1. The number of nitrogens with one attached hydrogen (secondary N) is 2. The summed E-state index contributed by atoms with van der Waals surface area (Å²) in [5.41, 5.74) is 2.04. The normalized spacial score (nSPS) is 11.0. The van der Waals surface area contributed by atoms with Crippen molar-refractivity contribution in [3.05, 3.63) is 21.8 Å². The molecule has 0 saturated heterocycles. The fourth-order valence-corrected chi connectivity index (χ4v) is 1.89. The second kappa shape index (κ2) is 4.22. The zero-order valence-electron chi connectivity index (χ0n) is 7.84. The highest BCUT2D eigenvalue weighted by Crippen LogP contribution is 2.16. The molecule has 0 aliphatic heterocycles. The minimum atomic E-state index is 0.918. The number of imidazole rings is 1. The summed E-state index contributed by atoms with van der Waals surface area (Å²) in [5.74, 6) is 1.01. The Morgan fingerprint density at radius 1 is 1.50 bits per heavy atom. The van der Waals surface area contributed by atoms with Crippen LogP contribution in [-0.4, -0.2) is 28.5 Å². The highest BCUT2D eigenvalue weighted by atomic mass is 127. The highest BCUT2D eigenvalue weighted by Gasteiger charge is 2.04. The smallest absolute Gasteiger partial charge is 0.108 e. The van der Waals surface area contributed by atoms with Crippen molar-refractivity contribution in [1.82, 2.24) is 20.3 Å². The molecule has 0 amide bonds. The fourth-order valence-electron chi connectivity index (χ4n) is 1.31. The molecular weight excluding hydrogens is 291 g/mol. The summed E-state index contributed by atoms with van der Waals surface area (Å²) in [4.78, 5) is 11.9. The van der Waals surface area contributed by atoms with Gasteiger partial charge in [0.15, 0.2) is 0 Å². The first-order chi connectivity index (χ1) is 6.81. The van der Waals surface area contributed by atoms with E-state index in [4.69, 9.17) is 0 Å². The van der Waals surface area contributed by atoms with Gasteiger partial charge >= 0.3 is 0 Å². The average Bonchev–Trinajstić information content (AvgIpc) is 2.59. The Balaban J connectivity index is 2.36. The third-order valence-corrected chi connectivity index (χ3v) is 2.80. The number of fused-ring (bicyclic) bond motifs is 1. The Morgan fingerprint density at radius 3 is 3.07 bits per heavy atom. The molecule has 2 aromatic heterocycles. The van der Waals surface area contributed by atoms with Gasteiger partial charge in [-0.25, -0.2) is 4.98 Å². The molecule has 2 aromatic rings. The van der Waals surface area contributed by atoms with Gasteiger partial charge in [-0.2, -0.15) is 0 Å². The van der Waals surface area contributed by atoms with E-state index >= 15 is 0 Å². The molecule has 2 heterocycles. The summed E-state index contributed by atoms with van der Waals surface area (Å²) in [7, 11) is 1.94. The van der Waals surface area contributed by atoms with Crippen molar-refractivity contribution in [2.24, 2.45) is 0 Å². The van der Waals surface area contributed by atoms with Gasteiger partial charge in [-0.1, -0.05) is 0 Å². The minimum Gasteiger partial charge on any atom is -0.341 e. The average molecular weight is 302 g/mol. The van der Waals surface area contributed by atoms with Gasteiger partial charge in [-0.05, 0) is 29.6 Å². The molecule has 0 spiro atoms. The SMILES string of the molecule is CNCCc1nc2c(I)cncc2[nH]1. The molecule has 0 aromatic carbocycles. The number of aromatic amines is 1. The second-order valence-electron chi connectivity index (χ2n) is 3.05. The molecule has 0 bridgehead atoms. The summed E-state index contributed by atoms with van der Waals surface area (Å²) < 4.78 is 1.09. The molecule has 0 unspecified atom stereocenters. The Hall–Kier alpha value is -0.690. The number of rotatable bonds is 3. The van der Waals surface area contributed by atoms with Gasteiger partial charge in [0.25, 0.3) is 0 Å². The van der Waals surface area contributed by atoms with Gasteiger partial charge in [0.2, 0.25) is 0 Å². The maximum Gasteiger partial charge on any atom is 0.108 e. The Kier molecular flexibility index (Phi) is 2.97. The molecule has 0 aliphatic rings. The van der Waals surface area contributed by atoms with Crippen LogP contribution < -0.4 is 5.32 Å². The van der Waals surface area contributed by atoms with Crippen LogP contribution >= 0.6 is 22.6 Å². The molecule has 2 rings (SSSR count). The van der Waals surface area contributed by atoms with Crippen molar-refractivity contribution in [2.45, 2.75) is 6.42 Å². The van der Waals surface area contributed by atoms with Crippen molar-refractivity contribution >= 4 is 33.6 Å². The standard InChI is InChI=1S/C9H11IN4/c1-11-3-2-8-13-7-5-12-4-6(10)9(7)14-8/h4-5,11H,2-3H2,1H3,(H,13,14). The van der Waals surface area contributed by atoms with E-state index in [0.717, 1.165) is 33.4 Å². The topological polar surface area (TPSA) is 53.6 Å². The zero-order chi connectivity index (χ0) is 9.97. The third-order valence-electron chi connectivity index (χ3n) is 2.01. The molecule has 14 heavy (non-hydrogen) atoms. The van der Waals surface area contributed by atoms with Crippen molar-refractivity contribution < 1.29 is 0 Å². The number of halogens is 1. The summed E-state index contributed by atoms with van der Waals surface area (Å²) >= 11 is 2.25. The van der Waals surface area contributed by atoms with Crippen LogP contribution in [0.3, 0.4) is 0 Å². The summed E-state index contributed by atoms with van der Waals surface area (Å²) in [5, 5.41) is 3.10. The van der Waals surface area contributed by atoms with Crippen LogP contribution in [0.4, 0.5) is 0 Å². The van der Waals surface area contributed by atoms with Crippen LogP contribution in [0.5, 0.6) is 0 Å². The first kappa shape index (κ1) is 9.85. The molecule has 0 radical (unpaired) electrons.